The molecule has 4 heteroatoms. The van der Waals surface area contributed by atoms with Crippen LogP contribution >= 0.6 is 0 Å². The van der Waals surface area contributed by atoms with E-state index in [0.29, 0.717) is 0 Å². The van der Waals surface area contributed by atoms with E-state index in [1.807, 2.05) is 42.1 Å². The van der Waals surface area contributed by atoms with Crippen LogP contribution in [0.1, 0.15) is 31.4 Å². The summed E-state index contributed by atoms with van der Waals surface area (Å²) in [7, 11) is 0. The lowest BCUT2D eigenvalue weighted by Crippen LogP contribution is -2.27. The first-order valence-corrected chi connectivity index (χ1v) is 6.64. The Labute approximate surface area is 112 Å². The normalized spacial score (nSPS) is 16.1. The fraction of sp³-hybridized carbons (Fsp3) is 0.333. The van der Waals surface area contributed by atoms with E-state index in [0.717, 1.165) is 24.1 Å². The van der Waals surface area contributed by atoms with Crippen molar-refractivity contribution in [2.45, 2.75) is 25.8 Å². The summed E-state index contributed by atoms with van der Waals surface area (Å²) in [5, 5.41) is 7.28. The van der Waals surface area contributed by atoms with Gasteiger partial charge in [0.15, 0.2) is 0 Å². The van der Waals surface area contributed by atoms with Gasteiger partial charge in [-0.3, -0.25) is 4.79 Å². The molecule has 1 N–H and O–H groups in total. The molecule has 4 nitrogen and oxygen atoms in total. The maximum atomic E-state index is 11.8. The summed E-state index contributed by atoms with van der Waals surface area (Å²) in [4.78, 5) is 11.8. The SMILES string of the molecule is C[C@H](NC(=O)C1CC1)c1cccc(-n2cccn2)c1. The fourth-order valence-corrected chi connectivity index (χ4v) is 2.12. The largest absolute Gasteiger partial charge is 0.349 e. The average molecular weight is 255 g/mol. The van der Waals surface area contributed by atoms with Crippen LogP contribution in [0.5, 0.6) is 0 Å². The molecule has 19 heavy (non-hydrogen) atoms. The Morgan fingerprint density at radius 1 is 1.42 bits per heavy atom. The van der Waals surface area contributed by atoms with E-state index in [4.69, 9.17) is 0 Å². The van der Waals surface area contributed by atoms with Crippen molar-refractivity contribution in [1.82, 2.24) is 15.1 Å². The number of rotatable bonds is 4. The Hall–Kier alpha value is -2.10. The minimum absolute atomic E-state index is 0.0311. The molecule has 1 aromatic carbocycles. The summed E-state index contributed by atoms with van der Waals surface area (Å²) in [5.74, 6) is 0.425. The third-order valence-corrected chi connectivity index (χ3v) is 3.45. The molecular formula is C15H17N3O. The van der Waals surface area contributed by atoms with E-state index in [1.54, 1.807) is 6.20 Å². The first-order chi connectivity index (χ1) is 9.24. The monoisotopic (exact) mass is 255 g/mol. The zero-order valence-electron chi connectivity index (χ0n) is 10.9. The van der Waals surface area contributed by atoms with Gasteiger partial charge in [-0.05, 0) is 43.5 Å². The Morgan fingerprint density at radius 3 is 2.95 bits per heavy atom. The molecule has 0 saturated heterocycles. The van der Waals surface area contributed by atoms with Crippen LogP contribution in [-0.4, -0.2) is 15.7 Å². The molecule has 0 spiro atoms. The van der Waals surface area contributed by atoms with Gasteiger partial charge in [0, 0.05) is 18.3 Å². The highest BCUT2D eigenvalue weighted by Gasteiger charge is 2.30. The van der Waals surface area contributed by atoms with E-state index >= 15 is 0 Å². The Balaban J connectivity index is 1.76. The van der Waals surface area contributed by atoms with Crippen LogP contribution in [0.3, 0.4) is 0 Å². The summed E-state index contributed by atoms with van der Waals surface area (Å²) in [6, 6.07) is 10.0. The quantitative estimate of drug-likeness (QED) is 0.912. The molecule has 1 atom stereocenters. The minimum atomic E-state index is 0.0311. The van der Waals surface area contributed by atoms with E-state index in [-0.39, 0.29) is 17.9 Å². The molecule has 1 heterocycles. The number of benzene rings is 1. The van der Waals surface area contributed by atoms with Crippen LogP contribution in [0.4, 0.5) is 0 Å². The van der Waals surface area contributed by atoms with Crippen molar-refractivity contribution in [2.75, 3.05) is 0 Å². The molecular weight excluding hydrogens is 238 g/mol. The van der Waals surface area contributed by atoms with Gasteiger partial charge in [0.1, 0.15) is 0 Å². The second kappa shape index (κ2) is 4.88. The maximum Gasteiger partial charge on any atom is 0.223 e. The number of carbonyl (C=O) groups is 1. The zero-order chi connectivity index (χ0) is 13.2. The second-order valence-corrected chi connectivity index (χ2v) is 5.05. The summed E-state index contributed by atoms with van der Waals surface area (Å²) in [6.07, 6.45) is 5.73. The van der Waals surface area contributed by atoms with E-state index in [9.17, 15) is 4.79 Å². The highest BCUT2D eigenvalue weighted by atomic mass is 16.2. The van der Waals surface area contributed by atoms with Crippen LogP contribution in [0.2, 0.25) is 0 Å². The zero-order valence-corrected chi connectivity index (χ0v) is 10.9. The summed E-state index contributed by atoms with van der Waals surface area (Å²) < 4.78 is 1.82. The molecule has 1 aliphatic carbocycles. The van der Waals surface area contributed by atoms with E-state index < -0.39 is 0 Å². The molecule has 1 aliphatic rings. The van der Waals surface area contributed by atoms with Gasteiger partial charge in [-0.15, -0.1) is 0 Å². The average Bonchev–Trinajstić information content (AvgIpc) is 3.14. The lowest BCUT2D eigenvalue weighted by atomic mass is 10.1. The lowest BCUT2D eigenvalue weighted by molar-refractivity contribution is -0.122. The standard InChI is InChI=1S/C15H17N3O/c1-11(17-15(19)12-6-7-12)13-4-2-5-14(10-13)18-9-3-8-16-18/h2-5,8-12H,6-7H2,1H3,(H,17,19)/t11-/m0/s1. The Bertz CT molecular complexity index is 573. The number of aromatic nitrogens is 2. The minimum Gasteiger partial charge on any atom is -0.349 e. The van der Waals surface area contributed by atoms with Gasteiger partial charge in [-0.1, -0.05) is 12.1 Å². The number of nitrogens with one attached hydrogen (secondary N) is 1. The molecule has 0 unspecified atom stereocenters. The van der Waals surface area contributed by atoms with Crippen molar-refractivity contribution in [3.05, 3.63) is 48.3 Å². The Kier molecular flexibility index (Phi) is 3.07. The van der Waals surface area contributed by atoms with Gasteiger partial charge in [0.05, 0.1) is 11.7 Å². The number of carbonyl (C=O) groups excluding carboxylic acids is 1. The van der Waals surface area contributed by atoms with Gasteiger partial charge in [0.2, 0.25) is 5.91 Å². The van der Waals surface area contributed by atoms with E-state index in [2.05, 4.69) is 16.5 Å². The molecule has 0 bridgehead atoms. The van der Waals surface area contributed by atoms with Crippen LogP contribution in [0.25, 0.3) is 5.69 Å². The summed E-state index contributed by atoms with van der Waals surface area (Å²) >= 11 is 0. The van der Waals surface area contributed by atoms with Gasteiger partial charge in [0.25, 0.3) is 0 Å². The van der Waals surface area contributed by atoms with Crippen LogP contribution in [0, 0.1) is 5.92 Å². The number of hydrogen-bond donors (Lipinski definition) is 1. The highest BCUT2D eigenvalue weighted by molar-refractivity contribution is 5.81. The molecule has 3 rings (SSSR count). The predicted molar refractivity (Wildman–Crippen MR) is 72.8 cm³/mol. The first kappa shape index (κ1) is 12.0. The summed E-state index contributed by atoms with van der Waals surface area (Å²) in [6.45, 7) is 2.02. The van der Waals surface area contributed by atoms with Gasteiger partial charge in [-0.2, -0.15) is 5.10 Å². The highest BCUT2D eigenvalue weighted by Crippen LogP contribution is 2.29. The van der Waals surface area contributed by atoms with Crippen LogP contribution < -0.4 is 5.32 Å². The predicted octanol–water partition coefficient (Wildman–Crippen LogP) is 2.46. The van der Waals surface area contributed by atoms with E-state index in [1.165, 1.54) is 0 Å². The molecule has 98 valence electrons. The van der Waals surface area contributed by atoms with Gasteiger partial charge < -0.3 is 5.32 Å². The second-order valence-electron chi connectivity index (χ2n) is 5.05. The van der Waals surface area contributed by atoms with Crippen molar-refractivity contribution < 1.29 is 4.79 Å². The van der Waals surface area contributed by atoms with Crippen molar-refractivity contribution >= 4 is 5.91 Å². The van der Waals surface area contributed by atoms with Crippen molar-refractivity contribution in [1.29, 1.82) is 0 Å². The number of hydrogen-bond acceptors (Lipinski definition) is 2. The molecule has 0 radical (unpaired) electrons. The number of nitrogens with zero attached hydrogens (tertiary/aromatic N) is 2. The fourth-order valence-electron chi connectivity index (χ4n) is 2.12. The molecule has 1 fully saturated rings. The molecule has 1 saturated carbocycles. The van der Waals surface area contributed by atoms with Crippen LogP contribution in [0.15, 0.2) is 42.7 Å². The maximum absolute atomic E-state index is 11.8. The number of amides is 1. The van der Waals surface area contributed by atoms with Crippen molar-refractivity contribution in [3.8, 4) is 5.69 Å². The summed E-state index contributed by atoms with van der Waals surface area (Å²) in [5.41, 5.74) is 2.11. The lowest BCUT2D eigenvalue weighted by Gasteiger charge is -2.15. The smallest absolute Gasteiger partial charge is 0.223 e. The van der Waals surface area contributed by atoms with Crippen LogP contribution in [-0.2, 0) is 4.79 Å². The third-order valence-electron chi connectivity index (χ3n) is 3.45. The molecule has 1 aromatic heterocycles. The molecule has 0 aliphatic heterocycles. The topological polar surface area (TPSA) is 46.9 Å². The van der Waals surface area contributed by atoms with Crippen molar-refractivity contribution in [3.63, 3.8) is 0 Å². The first-order valence-electron chi connectivity index (χ1n) is 6.64. The van der Waals surface area contributed by atoms with Gasteiger partial charge >= 0.3 is 0 Å². The molecule has 1 amide bonds. The van der Waals surface area contributed by atoms with Crippen molar-refractivity contribution in [2.24, 2.45) is 5.92 Å². The third kappa shape index (κ3) is 2.67. The Morgan fingerprint density at radius 2 is 2.26 bits per heavy atom. The van der Waals surface area contributed by atoms with Gasteiger partial charge in [-0.25, -0.2) is 4.68 Å². The molecule has 2 aromatic rings.